The van der Waals surface area contributed by atoms with Gasteiger partial charge in [0.05, 0.1) is 15.5 Å². The molecule has 4 nitrogen and oxygen atoms in total. The van der Waals surface area contributed by atoms with Gasteiger partial charge in [0.1, 0.15) is 6.07 Å². The summed E-state index contributed by atoms with van der Waals surface area (Å²) in [6, 6.07) is 5.87. The fourth-order valence-corrected chi connectivity index (χ4v) is 3.25. The normalized spacial score (nSPS) is 12.9. The van der Waals surface area contributed by atoms with Crippen LogP contribution in [0.5, 0.6) is 0 Å². The number of unbranched alkanes of at least 4 members (excludes halogenated alkanes) is 1. The summed E-state index contributed by atoms with van der Waals surface area (Å²) in [5.74, 6) is 0. The smallest absolute Gasteiger partial charge is 0.208 e. The highest BCUT2D eigenvalue weighted by molar-refractivity contribution is 7.89. The first-order valence-corrected chi connectivity index (χ1v) is 7.98. The van der Waals surface area contributed by atoms with Gasteiger partial charge in [0.2, 0.25) is 10.0 Å². The molecule has 0 saturated heterocycles. The van der Waals surface area contributed by atoms with E-state index in [1.807, 2.05) is 13.0 Å². The third kappa shape index (κ3) is 4.50. The molecule has 1 rings (SSSR count). The van der Waals surface area contributed by atoms with Crippen LogP contribution in [0.2, 0.25) is 5.02 Å². The molecule has 0 aliphatic heterocycles. The van der Waals surface area contributed by atoms with Gasteiger partial charge in [-0.1, -0.05) is 31.4 Å². The molecule has 0 saturated carbocycles. The van der Waals surface area contributed by atoms with Crippen molar-refractivity contribution in [2.75, 3.05) is 0 Å². The van der Waals surface area contributed by atoms with E-state index < -0.39 is 10.0 Å². The van der Waals surface area contributed by atoms with Crippen LogP contribution in [-0.2, 0) is 10.0 Å². The summed E-state index contributed by atoms with van der Waals surface area (Å²) in [5, 5.41) is 8.90. The van der Waals surface area contributed by atoms with Crippen molar-refractivity contribution < 1.29 is 8.42 Å². The molecule has 0 radical (unpaired) electrons. The topological polar surface area (TPSA) is 70.0 Å². The molecular formula is C13H17ClN2O2S. The van der Waals surface area contributed by atoms with E-state index in [9.17, 15) is 8.42 Å². The fourth-order valence-electron chi connectivity index (χ4n) is 1.66. The van der Waals surface area contributed by atoms with E-state index in [1.54, 1.807) is 0 Å². The second-order valence-electron chi connectivity index (χ2n) is 4.42. The van der Waals surface area contributed by atoms with Crippen LogP contribution in [0.1, 0.15) is 38.7 Å². The van der Waals surface area contributed by atoms with Gasteiger partial charge < -0.3 is 0 Å². The molecule has 19 heavy (non-hydrogen) atoms. The minimum absolute atomic E-state index is 0.0832. The van der Waals surface area contributed by atoms with Crippen molar-refractivity contribution in [2.45, 2.75) is 44.0 Å². The lowest BCUT2D eigenvalue weighted by Gasteiger charge is -2.14. The largest absolute Gasteiger partial charge is 0.240 e. The summed E-state index contributed by atoms with van der Waals surface area (Å²) in [6.07, 6.45) is 2.78. The molecule has 104 valence electrons. The Morgan fingerprint density at radius 2 is 2.16 bits per heavy atom. The van der Waals surface area contributed by atoms with Crippen molar-refractivity contribution in [3.8, 4) is 6.07 Å². The number of benzene rings is 1. The fraction of sp³-hybridized carbons (Fsp3) is 0.462. The number of nitrogens with one attached hydrogen (secondary N) is 1. The molecule has 1 unspecified atom stereocenters. The molecule has 1 atom stereocenters. The van der Waals surface area contributed by atoms with Crippen LogP contribution in [0.25, 0.3) is 0 Å². The van der Waals surface area contributed by atoms with Gasteiger partial charge in [-0.25, -0.2) is 13.1 Å². The molecule has 1 aromatic rings. The lowest BCUT2D eigenvalue weighted by atomic mass is 10.2. The summed E-state index contributed by atoms with van der Waals surface area (Å²) < 4.78 is 26.8. The minimum Gasteiger partial charge on any atom is -0.208 e. The maximum atomic E-state index is 12.1. The molecule has 0 fully saturated rings. The van der Waals surface area contributed by atoms with Crippen LogP contribution < -0.4 is 4.72 Å². The third-order valence-electron chi connectivity index (χ3n) is 2.72. The van der Waals surface area contributed by atoms with E-state index >= 15 is 0 Å². The van der Waals surface area contributed by atoms with Crippen LogP contribution in [0.15, 0.2) is 23.1 Å². The lowest BCUT2D eigenvalue weighted by molar-refractivity contribution is 0.534. The zero-order valence-corrected chi connectivity index (χ0v) is 12.6. The molecule has 0 aliphatic carbocycles. The number of rotatable bonds is 6. The van der Waals surface area contributed by atoms with Crippen molar-refractivity contribution in [2.24, 2.45) is 0 Å². The first kappa shape index (κ1) is 16.0. The Morgan fingerprint density at radius 3 is 2.68 bits per heavy atom. The highest BCUT2D eigenvalue weighted by Crippen LogP contribution is 2.20. The SMILES string of the molecule is CCCCC(C)NS(=O)(=O)c1ccc(C#N)c(Cl)c1. The van der Waals surface area contributed by atoms with E-state index in [2.05, 4.69) is 11.6 Å². The second kappa shape index (κ2) is 6.90. The number of sulfonamides is 1. The first-order valence-electron chi connectivity index (χ1n) is 6.12. The van der Waals surface area contributed by atoms with Gasteiger partial charge in [0, 0.05) is 6.04 Å². The van der Waals surface area contributed by atoms with Crippen molar-refractivity contribution >= 4 is 21.6 Å². The summed E-state index contributed by atoms with van der Waals surface area (Å²) in [7, 11) is -3.58. The predicted octanol–water partition coefficient (Wildman–Crippen LogP) is 3.07. The molecule has 1 N–H and O–H groups in total. The predicted molar refractivity (Wildman–Crippen MR) is 75.5 cm³/mol. The molecular weight excluding hydrogens is 284 g/mol. The van der Waals surface area contributed by atoms with E-state index in [1.165, 1.54) is 18.2 Å². The van der Waals surface area contributed by atoms with Gasteiger partial charge in [-0.2, -0.15) is 5.26 Å². The summed E-state index contributed by atoms with van der Waals surface area (Å²) >= 11 is 5.84. The Morgan fingerprint density at radius 1 is 1.47 bits per heavy atom. The van der Waals surface area contributed by atoms with Gasteiger partial charge in [0.25, 0.3) is 0 Å². The van der Waals surface area contributed by atoms with Gasteiger partial charge in [-0.05, 0) is 31.5 Å². The molecule has 0 aliphatic rings. The summed E-state index contributed by atoms with van der Waals surface area (Å²) in [5.41, 5.74) is 0.264. The molecule has 0 heterocycles. The van der Waals surface area contributed by atoms with Crippen LogP contribution in [0, 0.1) is 11.3 Å². The van der Waals surface area contributed by atoms with Crippen molar-refractivity contribution in [3.05, 3.63) is 28.8 Å². The number of halogens is 1. The lowest BCUT2D eigenvalue weighted by Crippen LogP contribution is -2.32. The van der Waals surface area contributed by atoms with E-state index in [0.717, 1.165) is 19.3 Å². The summed E-state index contributed by atoms with van der Waals surface area (Å²) in [4.78, 5) is 0.0832. The summed E-state index contributed by atoms with van der Waals surface area (Å²) in [6.45, 7) is 3.89. The average Bonchev–Trinajstić information content (AvgIpc) is 2.35. The second-order valence-corrected chi connectivity index (χ2v) is 6.54. The molecule has 0 bridgehead atoms. The third-order valence-corrected chi connectivity index (χ3v) is 4.62. The number of hydrogen-bond donors (Lipinski definition) is 1. The van der Waals surface area contributed by atoms with Crippen LogP contribution in [0.3, 0.4) is 0 Å². The number of nitrogens with zero attached hydrogens (tertiary/aromatic N) is 1. The van der Waals surface area contributed by atoms with E-state index in [-0.39, 0.29) is 21.5 Å². The first-order chi connectivity index (χ1) is 8.90. The number of hydrogen-bond acceptors (Lipinski definition) is 3. The molecule has 0 aromatic heterocycles. The molecule has 0 amide bonds. The average molecular weight is 301 g/mol. The Balaban J connectivity index is 2.89. The Hall–Kier alpha value is -1.09. The molecule has 0 spiro atoms. The van der Waals surface area contributed by atoms with Gasteiger partial charge in [-0.3, -0.25) is 0 Å². The monoisotopic (exact) mass is 300 g/mol. The van der Waals surface area contributed by atoms with E-state index in [4.69, 9.17) is 16.9 Å². The molecule has 1 aromatic carbocycles. The highest BCUT2D eigenvalue weighted by atomic mass is 35.5. The van der Waals surface area contributed by atoms with Crippen LogP contribution in [0.4, 0.5) is 0 Å². The van der Waals surface area contributed by atoms with Crippen LogP contribution >= 0.6 is 11.6 Å². The van der Waals surface area contributed by atoms with Crippen molar-refractivity contribution in [1.29, 1.82) is 5.26 Å². The quantitative estimate of drug-likeness (QED) is 0.877. The minimum atomic E-state index is -3.58. The zero-order valence-electron chi connectivity index (χ0n) is 11.0. The van der Waals surface area contributed by atoms with Gasteiger partial charge >= 0.3 is 0 Å². The highest BCUT2D eigenvalue weighted by Gasteiger charge is 2.18. The zero-order chi connectivity index (χ0) is 14.5. The van der Waals surface area contributed by atoms with E-state index in [0.29, 0.717) is 0 Å². The maximum Gasteiger partial charge on any atom is 0.240 e. The van der Waals surface area contributed by atoms with Crippen molar-refractivity contribution in [3.63, 3.8) is 0 Å². The Bertz CT molecular complexity index is 579. The van der Waals surface area contributed by atoms with Crippen molar-refractivity contribution in [1.82, 2.24) is 4.72 Å². The Kier molecular flexibility index (Phi) is 5.80. The Labute approximate surface area is 119 Å². The van der Waals surface area contributed by atoms with Gasteiger partial charge in [-0.15, -0.1) is 0 Å². The molecule has 6 heteroatoms. The number of nitriles is 1. The standard InChI is InChI=1S/C13H17ClN2O2S/c1-3-4-5-10(2)16-19(17,18)12-7-6-11(9-15)13(14)8-12/h6-8,10,16H,3-5H2,1-2H3. The maximum absolute atomic E-state index is 12.1. The van der Waals surface area contributed by atoms with Gasteiger partial charge in [0.15, 0.2) is 0 Å². The van der Waals surface area contributed by atoms with Crippen LogP contribution in [-0.4, -0.2) is 14.5 Å².